The van der Waals surface area contributed by atoms with Gasteiger partial charge in [-0.1, -0.05) is 43.9 Å². The van der Waals surface area contributed by atoms with Crippen molar-refractivity contribution in [3.8, 4) is 5.69 Å². The molecule has 2 aromatic rings. The molecule has 0 bridgehead atoms. The van der Waals surface area contributed by atoms with Gasteiger partial charge in [-0.2, -0.15) is 5.10 Å². The fourth-order valence-corrected chi connectivity index (χ4v) is 3.78. The summed E-state index contributed by atoms with van der Waals surface area (Å²) >= 11 is 0. The summed E-state index contributed by atoms with van der Waals surface area (Å²) in [5.74, 6) is -2.20. The van der Waals surface area contributed by atoms with Crippen LogP contribution in [0.5, 0.6) is 0 Å². The third-order valence-electron chi connectivity index (χ3n) is 5.26. The number of carbonyl (C=O) groups excluding carboxylic acids is 3. The molecule has 3 rings (SSSR count). The van der Waals surface area contributed by atoms with Crippen molar-refractivity contribution in [2.24, 2.45) is 0 Å². The highest BCUT2D eigenvalue weighted by Crippen LogP contribution is 2.19. The third-order valence-corrected chi connectivity index (χ3v) is 5.26. The van der Waals surface area contributed by atoms with Crippen molar-refractivity contribution in [1.29, 1.82) is 0 Å². The first-order chi connectivity index (χ1) is 14.0. The minimum atomic E-state index is -1.04. The maximum Gasteiger partial charge on any atom is 0.380 e. The maximum absolute atomic E-state index is 12.6. The SMILES string of the molecule is Cc1nn(-c2ccccc2)c(C)c1C(=O)C(=O)OCC(=O)NC1CCCCCC1. The molecule has 1 aliphatic carbocycles. The van der Waals surface area contributed by atoms with Gasteiger partial charge >= 0.3 is 5.97 Å². The molecule has 1 amide bonds. The van der Waals surface area contributed by atoms with Crippen LogP contribution in [0.4, 0.5) is 0 Å². The van der Waals surface area contributed by atoms with Crippen LogP contribution in [-0.4, -0.2) is 40.1 Å². The number of hydrogen-bond donors (Lipinski definition) is 1. The molecule has 1 fully saturated rings. The minimum absolute atomic E-state index is 0.119. The predicted molar refractivity (Wildman–Crippen MR) is 108 cm³/mol. The van der Waals surface area contributed by atoms with Gasteiger partial charge in [0.15, 0.2) is 6.61 Å². The molecule has 7 nitrogen and oxygen atoms in total. The molecule has 1 aromatic heterocycles. The fraction of sp³-hybridized carbons (Fsp3) is 0.455. The van der Waals surface area contributed by atoms with Crippen LogP contribution in [0.3, 0.4) is 0 Å². The molecule has 7 heteroatoms. The Hall–Kier alpha value is -2.96. The van der Waals surface area contributed by atoms with Crippen LogP contribution in [0.15, 0.2) is 30.3 Å². The van der Waals surface area contributed by atoms with Gasteiger partial charge in [0.1, 0.15) is 0 Å². The zero-order valence-corrected chi connectivity index (χ0v) is 16.9. The highest BCUT2D eigenvalue weighted by atomic mass is 16.5. The number of rotatable bonds is 6. The normalized spacial score (nSPS) is 14.8. The smallest absolute Gasteiger partial charge is 0.380 e. The van der Waals surface area contributed by atoms with Gasteiger partial charge in [-0.25, -0.2) is 9.48 Å². The lowest BCUT2D eigenvalue weighted by atomic mass is 10.1. The van der Waals surface area contributed by atoms with E-state index in [4.69, 9.17) is 4.74 Å². The largest absolute Gasteiger partial charge is 0.450 e. The Kier molecular flexibility index (Phi) is 6.80. The number of aromatic nitrogens is 2. The maximum atomic E-state index is 12.6. The molecule has 0 atom stereocenters. The van der Waals surface area contributed by atoms with E-state index in [2.05, 4.69) is 10.4 Å². The van der Waals surface area contributed by atoms with Crippen molar-refractivity contribution in [2.45, 2.75) is 58.4 Å². The first-order valence-corrected chi connectivity index (χ1v) is 10.1. The summed E-state index contributed by atoms with van der Waals surface area (Å²) < 4.78 is 6.60. The molecule has 0 spiro atoms. The number of ketones is 1. The number of esters is 1. The Morgan fingerprint density at radius 3 is 2.38 bits per heavy atom. The number of nitrogens with one attached hydrogen (secondary N) is 1. The second-order valence-electron chi connectivity index (χ2n) is 7.45. The van der Waals surface area contributed by atoms with Gasteiger partial charge in [0.25, 0.3) is 11.7 Å². The Morgan fingerprint density at radius 1 is 1.07 bits per heavy atom. The molecule has 29 heavy (non-hydrogen) atoms. The molecular weight excluding hydrogens is 370 g/mol. The monoisotopic (exact) mass is 397 g/mol. The summed E-state index contributed by atoms with van der Waals surface area (Å²) in [6.45, 7) is 2.95. The van der Waals surface area contributed by atoms with E-state index in [1.165, 1.54) is 12.8 Å². The first kappa shape index (κ1) is 20.8. The van der Waals surface area contributed by atoms with Crippen molar-refractivity contribution in [1.82, 2.24) is 15.1 Å². The summed E-state index contributed by atoms with van der Waals surface area (Å²) in [5.41, 5.74) is 2.00. The number of para-hydroxylation sites is 1. The quantitative estimate of drug-likeness (QED) is 0.350. The van der Waals surface area contributed by atoms with Gasteiger partial charge in [-0.3, -0.25) is 9.59 Å². The molecule has 1 N–H and O–H groups in total. The summed E-state index contributed by atoms with van der Waals surface area (Å²) in [4.78, 5) is 37.0. The molecule has 1 aliphatic rings. The van der Waals surface area contributed by atoms with E-state index >= 15 is 0 Å². The van der Waals surface area contributed by atoms with Crippen LogP contribution in [0.2, 0.25) is 0 Å². The summed E-state index contributed by atoms with van der Waals surface area (Å²) in [6.07, 6.45) is 6.43. The number of hydrogen-bond acceptors (Lipinski definition) is 5. The van der Waals surface area contributed by atoms with Crippen molar-refractivity contribution in [3.63, 3.8) is 0 Å². The van der Waals surface area contributed by atoms with Gasteiger partial charge < -0.3 is 10.1 Å². The Labute approximate surface area is 170 Å². The van der Waals surface area contributed by atoms with Crippen LogP contribution in [-0.2, 0) is 14.3 Å². The molecule has 0 radical (unpaired) electrons. The van der Waals surface area contributed by atoms with Crippen LogP contribution in [0.1, 0.15) is 60.3 Å². The number of aryl methyl sites for hydroxylation is 1. The lowest BCUT2D eigenvalue weighted by molar-refractivity contribution is -0.144. The topological polar surface area (TPSA) is 90.3 Å². The van der Waals surface area contributed by atoms with Gasteiger partial charge in [-0.05, 0) is 38.8 Å². The fourth-order valence-electron chi connectivity index (χ4n) is 3.78. The summed E-state index contributed by atoms with van der Waals surface area (Å²) in [5, 5.41) is 7.27. The van der Waals surface area contributed by atoms with Gasteiger partial charge in [-0.15, -0.1) is 0 Å². The van der Waals surface area contributed by atoms with Crippen molar-refractivity contribution >= 4 is 17.7 Å². The highest BCUT2D eigenvalue weighted by molar-refractivity contribution is 6.41. The predicted octanol–water partition coefficient (Wildman–Crippen LogP) is 3.05. The van der Waals surface area contributed by atoms with E-state index in [0.29, 0.717) is 11.4 Å². The lowest BCUT2D eigenvalue weighted by Crippen LogP contribution is -2.38. The van der Waals surface area contributed by atoms with E-state index in [1.807, 2.05) is 30.3 Å². The average molecular weight is 397 g/mol. The van der Waals surface area contributed by atoms with Crippen LogP contribution < -0.4 is 5.32 Å². The molecule has 0 saturated heterocycles. The molecule has 1 saturated carbocycles. The van der Waals surface area contributed by atoms with Gasteiger partial charge in [0.2, 0.25) is 0 Å². The standard InChI is InChI=1S/C22H27N3O4/c1-15-20(16(2)25(24-15)18-12-8-5-9-13-18)21(27)22(28)29-14-19(26)23-17-10-6-3-4-7-11-17/h5,8-9,12-13,17H,3-4,6-7,10-11,14H2,1-2H3,(H,23,26). The van der Waals surface area contributed by atoms with Crippen LogP contribution >= 0.6 is 0 Å². The number of carbonyl (C=O) groups is 3. The van der Waals surface area contributed by atoms with Crippen molar-refractivity contribution < 1.29 is 19.1 Å². The average Bonchev–Trinajstić information content (AvgIpc) is 2.88. The van der Waals surface area contributed by atoms with E-state index < -0.39 is 18.4 Å². The second kappa shape index (κ2) is 9.49. The van der Waals surface area contributed by atoms with E-state index in [9.17, 15) is 14.4 Å². The zero-order valence-electron chi connectivity index (χ0n) is 16.9. The van der Waals surface area contributed by atoms with E-state index in [1.54, 1.807) is 18.5 Å². The number of amides is 1. The Bertz CT molecular complexity index is 881. The van der Waals surface area contributed by atoms with Gasteiger partial charge in [0.05, 0.1) is 22.6 Å². The number of benzene rings is 1. The summed E-state index contributed by atoms with van der Waals surface area (Å²) in [6, 6.07) is 9.47. The van der Waals surface area contributed by atoms with E-state index in [-0.39, 0.29) is 17.5 Å². The lowest BCUT2D eigenvalue weighted by Gasteiger charge is -2.15. The molecule has 154 valence electrons. The second-order valence-corrected chi connectivity index (χ2v) is 7.45. The molecule has 1 heterocycles. The molecule has 0 aliphatic heterocycles. The Morgan fingerprint density at radius 2 is 1.72 bits per heavy atom. The minimum Gasteiger partial charge on any atom is -0.450 e. The summed E-state index contributed by atoms with van der Waals surface area (Å²) in [7, 11) is 0. The molecular formula is C22H27N3O4. The number of nitrogens with zero attached hydrogens (tertiary/aromatic N) is 2. The first-order valence-electron chi connectivity index (χ1n) is 10.1. The highest BCUT2D eigenvalue weighted by Gasteiger charge is 2.27. The zero-order chi connectivity index (χ0) is 20.8. The number of Topliss-reactive ketones (excluding diaryl/α,β-unsaturated/α-hetero) is 1. The van der Waals surface area contributed by atoms with Gasteiger partial charge in [0, 0.05) is 6.04 Å². The van der Waals surface area contributed by atoms with Crippen molar-refractivity contribution in [3.05, 3.63) is 47.3 Å². The van der Waals surface area contributed by atoms with Crippen LogP contribution in [0.25, 0.3) is 5.69 Å². The van der Waals surface area contributed by atoms with E-state index in [0.717, 1.165) is 31.4 Å². The van der Waals surface area contributed by atoms with Crippen molar-refractivity contribution in [2.75, 3.05) is 6.61 Å². The van der Waals surface area contributed by atoms with Crippen LogP contribution in [0, 0.1) is 13.8 Å². The number of ether oxygens (including phenoxy) is 1. The Balaban J connectivity index is 1.61. The molecule has 1 aromatic carbocycles. The third kappa shape index (κ3) is 5.10. The molecule has 0 unspecified atom stereocenters.